The summed E-state index contributed by atoms with van der Waals surface area (Å²) >= 11 is 0. The molecule has 0 spiro atoms. The second-order valence-electron chi connectivity index (χ2n) is 12.9. The molecule has 0 fully saturated rings. The zero-order chi connectivity index (χ0) is 33.7. The minimum atomic E-state index is 0.446. The lowest BCUT2D eigenvalue weighted by molar-refractivity contribution is 0.453. The van der Waals surface area contributed by atoms with Crippen LogP contribution in [0.2, 0.25) is 0 Å². The number of rotatable bonds is 4. The Bertz CT molecular complexity index is 3000. The fourth-order valence-corrected chi connectivity index (χ4v) is 7.22. The standard InChI is InChI=1S/C47H29N3O/c1-3-11-30(12-4-1)43-29-48-45(32-13-5-2-6-14-32)50-47(43)51-46-40-22-10-21-39-36-19-8-17-34(26-36)33-16-7-18-35(25-33)38-20-9-15-31-23-24-37(27-41(31)38)44(49-46)28-42(39)40/h1-29H. The van der Waals surface area contributed by atoms with Crippen LogP contribution in [0.25, 0.3) is 87.3 Å². The second kappa shape index (κ2) is 11.9. The van der Waals surface area contributed by atoms with Crippen molar-refractivity contribution in [1.82, 2.24) is 15.0 Å². The Morgan fingerprint density at radius 1 is 0.353 bits per heavy atom. The highest BCUT2D eigenvalue weighted by Gasteiger charge is 2.17. The maximum absolute atomic E-state index is 6.93. The maximum Gasteiger partial charge on any atom is 0.232 e. The van der Waals surface area contributed by atoms with Crippen LogP contribution in [0.4, 0.5) is 0 Å². The van der Waals surface area contributed by atoms with Crippen LogP contribution in [0.1, 0.15) is 0 Å². The van der Waals surface area contributed by atoms with Gasteiger partial charge >= 0.3 is 0 Å². The third kappa shape index (κ3) is 5.13. The lowest BCUT2D eigenvalue weighted by atomic mass is 9.99. The first-order valence-corrected chi connectivity index (χ1v) is 17.1. The number of benzene rings is 7. The summed E-state index contributed by atoms with van der Waals surface area (Å²) in [7, 11) is 0. The van der Waals surface area contributed by atoms with E-state index in [0.717, 1.165) is 54.5 Å². The Kier molecular flexibility index (Phi) is 6.78. The Morgan fingerprint density at radius 3 is 1.69 bits per heavy atom. The highest BCUT2D eigenvalue weighted by Crippen LogP contribution is 2.38. The quantitative estimate of drug-likeness (QED) is 0.190. The molecule has 10 rings (SSSR count). The van der Waals surface area contributed by atoms with Gasteiger partial charge in [0.1, 0.15) is 0 Å². The van der Waals surface area contributed by atoms with Gasteiger partial charge in [0, 0.05) is 22.5 Å². The summed E-state index contributed by atoms with van der Waals surface area (Å²) in [6, 6.07) is 59.4. The van der Waals surface area contributed by atoms with Crippen LogP contribution in [-0.2, 0) is 0 Å². The second-order valence-corrected chi connectivity index (χ2v) is 12.9. The molecule has 0 aliphatic heterocycles. The average molecular weight is 652 g/mol. The summed E-state index contributed by atoms with van der Waals surface area (Å²) in [5, 5.41) is 12.2. The van der Waals surface area contributed by atoms with Gasteiger partial charge < -0.3 is 4.74 Å². The van der Waals surface area contributed by atoms with Crippen molar-refractivity contribution in [2.24, 2.45) is 0 Å². The van der Waals surface area contributed by atoms with Crippen LogP contribution in [0.5, 0.6) is 11.8 Å². The van der Waals surface area contributed by atoms with Gasteiger partial charge in [-0.1, -0.05) is 140 Å². The molecule has 10 aromatic rings. The number of aromatic nitrogens is 3. The monoisotopic (exact) mass is 651 g/mol. The highest BCUT2D eigenvalue weighted by molar-refractivity contribution is 6.13. The van der Waals surface area contributed by atoms with Crippen LogP contribution in [0, 0.1) is 0 Å². The lowest BCUT2D eigenvalue weighted by Gasteiger charge is -2.14. The van der Waals surface area contributed by atoms with E-state index in [2.05, 4.69) is 109 Å². The third-order valence-corrected chi connectivity index (χ3v) is 9.76. The average Bonchev–Trinajstić information content (AvgIpc) is 3.20. The normalized spacial score (nSPS) is 11.5. The van der Waals surface area contributed by atoms with Crippen LogP contribution in [0.15, 0.2) is 176 Å². The van der Waals surface area contributed by atoms with E-state index in [0.29, 0.717) is 17.6 Å². The molecule has 0 radical (unpaired) electrons. The molecule has 238 valence electrons. The molecule has 51 heavy (non-hydrogen) atoms. The lowest BCUT2D eigenvalue weighted by Crippen LogP contribution is -1.99. The van der Waals surface area contributed by atoms with E-state index >= 15 is 0 Å². The van der Waals surface area contributed by atoms with Crippen LogP contribution < -0.4 is 4.74 Å². The number of nitrogens with zero attached hydrogens (tertiary/aromatic N) is 3. The summed E-state index contributed by atoms with van der Waals surface area (Å²) in [5.74, 6) is 1.52. The van der Waals surface area contributed by atoms with Crippen LogP contribution in [0.3, 0.4) is 0 Å². The Morgan fingerprint density at radius 2 is 0.941 bits per heavy atom. The molecule has 4 nitrogen and oxygen atoms in total. The van der Waals surface area contributed by atoms with E-state index < -0.39 is 0 Å². The Balaban J connectivity index is 1.32. The van der Waals surface area contributed by atoms with Crippen molar-refractivity contribution < 1.29 is 4.74 Å². The van der Waals surface area contributed by atoms with Gasteiger partial charge in [0.2, 0.25) is 11.8 Å². The molecule has 2 heterocycles. The number of hydrogen-bond acceptors (Lipinski definition) is 4. The molecule has 8 bridgehead atoms. The smallest absolute Gasteiger partial charge is 0.232 e. The molecule has 4 heteroatoms. The van der Waals surface area contributed by atoms with E-state index in [9.17, 15) is 0 Å². The number of ether oxygens (including phenoxy) is 1. The van der Waals surface area contributed by atoms with Crippen molar-refractivity contribution in [1.29, 1.82) is 0 Å². The molecular weight excluding hydrogens is 623 g/mol. The van der Waals surface area contributed by atoms with Gasteiger partial charge in [-0.2, -0.15) is 4.98 Å². The minimum Gasteiger partial charge on any atom is -0.419 e. The number of fused-ring (bicyclic) bond motifs is 10. The molecular formula is C47H29N3O. The summed E-state index contributed by atoms with van der Waals surface area (Å²) < 4.78 is 6.93. The minimum absolute atomic E-state index is 0.446. The topological polar surface area (TPSA) is 47.9 Å². The van der Waals surface area contributed by atoms with E-state index in [4.69, 9.17) is 19.7 Å². The van der Waals surface area contributed by atoms with Crippen molar-refractivity contribution in [2.75, 3.05) is 0 Å². The SMILES string of the molecule is c1ccc(-c2ncc(-c3ccccc3)c(Oc3nc4cc5c3cccc5c3cccc(c3)c3cccc(c3)c3cccc5ccc4cc53)n2)cc1. The van der Waals surface area contributed by atoms with Gasteiger partial charge in [0.05, 0.1) is 11.1 Å². The van der Waals surface area contributed by atoms with Crippen molar-refractivity contribution in [3.8, 4) is 34.3 Å². The van der Waals surface area contributed by atoms with Crippen LogP contribution >= 0.6 is 0 Å². The predicted molar refractivity (Wildman–Crippen MR) is 211 cm³/mol. The summed E-state index contributed by atoms with van der Waals surface area (Å²) in [5.41, 5.74) is 3.49. The van der Waals surface area contributed by atoms with Gasteiger partial charge in [0.15, 0.2) is 5.82 Å². The molecule has 0 aliphatic rings. The predicted octanol–water partition coefficient (Wildman–Crippen LogP) is 12.5. The largest absolute Gasteiger partial charge is 0.419 e. The van der Waals surface area contributed by atoms with E-state index in [-0.39, 0.29) is 0 Å². The molecule has 0 N–H and O–H groups in total. The van der Waals surface area contributed by atoms with Gasteiger partial charge in [0.25, 0.3) is 0 Å². The molecule has 0 aliphatic carbocycles. The van der Waals surface area contributed by atoms with Gasteiger partial charge in [-0.15, -0.1) is 0 Å². The van der Waals surface area contributed by atoms with Crippen molar-refractivity contribution in [3.63, 3.8) is 0 Å². The number of hydrogen-bond donors (Lipinski definition) is 0. The Labute approximate surface area is 293 Å². The van der Waals surface area contributed by atoms with Gasteiger partial charge in [-0.05, 0) is 84.4 Å². The van der Waals surface area contributed by atoms with Crippen molar-refractivity contribution in [3.05, 3.63) is 176 Å². The zero-order valence-corrected chi connectivity index (χ0v) is 27.5. The molecule has 0 unspecified atom stereocenters. The van der Waals surface area contributed by atoms with Crippen molar-refractivity contribution in [2.45, 2.75) is 0 Å². The molecule has 0 saturated carbocycles. The fourth-order valence-electron chi connectivity index (χ4n) is 7.22. The molecule has 0 saturated heterocycles. The van der Waals surface area contributed by atoms with Gasteiger partial charge in [-0.3, -0.25) is 0 Å². The fraction of sp³-hybridized carbons (Fsp3) is 0. The summed E-state index contributed by atoms with van der Waals surface area (Å²) in [6.45, 7) is 0. The third-order valence-electron chi connectivity index (χ3n) is 9.76. The van der Waals surface area contributed by atoms with E-state index in [1.54, 1.807) is 0 Å². The first kappa shape index (κ1) is 29.0. The first-order valence-electron chi connectivity index (χ1n) is 17.1. The molecule has 0 atom stereocenters. The molecule has 0 amide bonds. The molecule has 8 aromatic carbocycles. The van der Waals surface area contributed by atoms with E-state index in [1.807, 2.05) is 66.9 Å². The number of pyridine rings is 1. The summed E-state index contributed by atoms with van der Waals surface area (Å²) in [4.78, 5) is 15.1. The summed E-state index contributed by atoms with van der Waals surface area (Å²) in [6.07, 6.45) is 1.85. The van der Waals surface area contributed by atoms with Gasteiger partial charge in [-0.25, -0.2) is 9.97 Å². The van der Waals surface area contributed by atoms with Crippen LogP contribution in [-0.4, -0.2) is 15.0 Å². The highest BCUT2D eigenvalue weighted by atomic mass is 16.5. The van der Waals surface area contributed by atoms with E-state index in [1.165, 1.54) is 26.9 Å². The zero-order valence-electron chi connectivity index (χ0n) is 27.5. The molecule has 2 aromatic heterocycles. The Hall–Kier alpha value is -6.91. The van der Waals surface area contributed by atoms with Crippen molar-refractivity contribution >= 4 is 64.8 Å². The maximum atomic E-state index is 6.93. The first-order chi connectivity index (χ1) is 25.2.